The summed E-state index contributed by atoms with van der Waals surface area (Å²) in [6, 6.07) is 3.71. The van der Waals surface area contributed by atoms with Gasteiger partial charge in [-0.1, -0.05) is 56.9 Å². The summed E-state index contributed by atoms with van der Waals surface area (Å²) in [7, 11) is 0. The van der Waals surface area contributed by atoms with Gasteiger partial charge in [-0.2, -0.15) is 0 Å². The molecule has 0 spiro atoms. The van der Waals surface area contributed by atoms with E-state index in [0.717, 1.165) is 42.4 Å². The second kappa shape index (κ2) is 14.7. The standard InChI is InChI=1S/C27H45N3O5/c1-8-10-12-16-30(25(33)22(18-31)29-26(34)35-27(5,6)7)23(24(32)28-15-11-9-2)21-17-19(3)13-14-20(21)4/h13-14,17,22-23,31H,8-12,15-16,18H2,1-7H3,(H,28,32)(H,29,34). The number of nitrogens with one attached hydrogen (secondary N) is 2. The minimum Gasteiger partial charge on any atom is -0.444 e. The number of aliphatic hydroxyl groups excluding tert-OH is 1. The first-order valence-electron chi connectivity index (χ1n) is 12.7. The van der Waals surface area contributed by atoms with E-state index in [-0.39, 0.29) is 5.91 Å². The number of alkyl carbamates (subject to hydrolysis) is 1. The third kappa shape index (κ3) is 10.3. The third-order valence-electron chi connectivity index (χ3n) is 5.58. The van der Waals surface area contributed by atoms with Crippen LogP contribution in [0.5, 0.6) is 0 Å². The van der Waals surface area contributed by atoms with Crippen LogP contribution in [0.3, 0.4) is 0 Å². The van der Waals surface area contributed by atoms with Gasteiger partial charge in [0.25, 0.3) is 0 Å². The monoisotopic (exact) mass is 491 g/mol. The van der Waals surface area contributed by atoms with Crippen LogP contribution in [0.15, 0.2) is 18.2 Å². The molecule has 8 nitrogen and oxygen atoms in total. The molecule has 0 bridgehead atoms. The van der Waals surface area contributed by atoms with Crippen LogP contribution < -0.4 is 10.6 Å². The Hall–Kier alpha value is -2.61. The lowest BCUT2D eigenvalue weighted by Gasteiger charge is -2.35. The number of carbonyl (C=O) groups excluding carboxylic acids is 3. The molecule has 0 heterocycles. The zero-order chi connectivity index (χ0) is 26.6. The maximum Gasteiger partial charge on any atom is 0.408 e. The summed E-state index contributed by atoms with van der Waals surface area (Å²) in [4.78, 5) is 41.1. The van der Waals surface area contributed by atoms with Gasteiger partial charge < -0.3 is 25.4 Å². The van der Waals surface area contributed by atoms with E-state index in [0.29, 0.717) is 19.5 Å². The normalized spacial score (nSPS) is 13.0. The fourth-order valence-electron chi connectivity index (χ4n) is 3.72. The Morgan fingerprint density at radius 3 is 2.29 bits per heavy atom. The zero-order valence-corrected chi connectivity index (χ0v) is 22.6. The number of ether oxygens (including phenoxy) is 1. The number of aryl methyl sites for hydroxylation is 2. The molecule has 3 amide bonds. The number of nitrogens with zero attached hydrogens (tertiary/aromatic N) is 1. The Morgan fingerprint density at radius 1 is 1.06 bits per heavy atom. The van der Waals surface area contributed by atoms with Crippen molar-refractivity contribution in [2.45, 2.75) is 98.3 Å². The molecule has 1 aromatic rings. The van der Waals surface area contributed by atoms with Crippen LogP contribution in [-0.4, -0.2) is 59.3 Å². The van der Waals surface area contributed by atoms with Gasteiger partial charge in [0.15, 0.2) is 0 Å². The van der Waals surface area contributed by atoms with Crippen LogP contribution in [0.1, 0.15) is 89.5 Å². The predicted octanol–water partition coefficient (Wildman–Crippen LogP) is 4.17. The van der Waals surface area contributed by atoms with Gasteiger partial charge in [0.2, 0.25) is 11.8 Å². The highest BCUT2D eigenvalue weighted by atomic mass is 16.6. The largest absolute Gasteiger partial charge is 0.444 e. The quantitative estimate of drug-likeness (QED) is 0.359. The van der Waals surface area contributed by atoms with Crippen molar-refractivity contribution in [2.75, 3.05) is 19.7 Å². The van der Waals surface area contributed by atoms with Crippen LogP contribution in [-0.2, 0) is 14.3 Å². The van der Waals surface area contributed by atoms with Gasteiger partial charge in [-0.05, 0) is 58.6 Å². The number of hydrogen-bond acceptors (Lipinski definition) is 5. The molecule has 1 aromatic carbocycles. The molecular formula is C27H45N3O5. The predicted molar refractivity (Wildman–Crippen MR) is 138 cm³/mol. The summed E-state index contributed by atoms with van der Waals surface area (Å²) >= 11 is 0. The minimum atomic E-state index is -1.23. The van der Waals surface area contributed by atoms with Gasteiger partial charge in [0, 0.05) is 13.1 Å². The van der Waals surface area contributed by atoms with Crippen molar-refractivity contribution in [3.63, 3.8) is 0 Å². The average molecular weight is 492 g/mol. The number of benzene rings is 1. The number of unbranched alkanes of at least 4 members (excludes halogenated alkanes) is 3. The molecule has 3 N–H and O–H groups in total. The number of aliphatic hydroxyl groups is 1. The van der Waals surface area contributed by atoms with Crippen molar-refractivity contribution >= 4 is 17.9 Å². The van der Waals surface area contributed by atoms with Crippen molar-refractivity contribution in [1.29, 1.82) is 0 Å². The summed E-state index contributed by atoms with van der Waals surface area (Å²) in [6.07, 6.45) is 3.47. The minimum absolute atomic E-state index is 0.272. The molecule has 198 valence electrons. The van der Waals surface area contributed by atoms with Crippen molar-refractivity contribution < 1.29 is 24.2 Å². The fourth-order valence-corrected chi connectivity index (χ4v) is 3.72. The summed E-state index contributed by atoms with van der Waals surface area (Å²) < 4.78 is 5.28. The highest BCUT2D eigenvalue weighted by Gasteiger charge is 2.36. The van der Waals surface area contributed by atoms with Crippen molar-refractivity contribution in [3.05, 3.63) is 34.9 Å². The Labute approximate surface area is 210 Å². The molecule has 35 heavy (non-hydrogen) atoms. The van der Waals surface area contributed by atoms with E-state index in [4.69, 9.17) is 4.74 Å². The molecule has 2 unspecified atom stereocenters. The summed E-state index contributed by atoms with van der Waals surface area (Å²) in [5.41, 5.74) is 1.84. The molecule has 0 fully saturated rings. The van der Waals surface area contributed by atoms with E-state index in [9.17, 15) is 19.5 Å². The van der Waals surface area contributed by atoms with E-state index in [1.807, 2.05) is 39.0 Å². The zero-order valence-electron chi connectivity index (χ0n) is 22.6. The van der Waals surface area contributed by atoms with Crippen LogP contribution in [0.4, 0.5) is 4.79 Å². The van der Waals surface area contributed by atoms with E-state index in [1.54, 1.807) is 20.8 Å². The Bertz CT molecular complexity index is 835. The van der Waals surface area contributed by atoms with Gasteiger partial charge in [-0.25, -0.2) is 4.79 Å². The molecule has 0 aliphatic carbocycles. The highest BCUT2D eigenvalue weighted by molar-refractivity contribution is 5.92. The fraction of sp³-hybridized carbons (Fsp3) is 0.667. The van der Waals surface area contributed by atoms with Crippen molar-refractivity contribution in [1.82, 2.24) is 15.5 Å². The third-order valence-corrected chi connectivity index (χ3v) is 5.58. The van der Waals surface area contributed by atoms with Gasteiger partial charge in [0.05, 0.1) is 6.61 Å². The van der Waals surface area contributed by atoms with Gasteiger partial charge in [-0.3, -0.25) is 9.59 Å². The SMILES string of the molecule is CCCCCN(C(=O)C(CO)NC(=O)OC(C)(C)C)C(C(=O)NCCCC)c1cc(C)ccc1C. The maximum absolute atomic E-state index is 13.7. The van der Waals surface area contributed by atoms with Crippen LogP contribution in [0.25, 0.3) is 0 Å². The number of rotatable bonds is 13. The number of carbonyl (C=O) groups is 3. The molecule has 1 rings (SSSR count). The first-order valence-corrected chi connectivity index (χ1v) is 12.7. The van der Waals surface area contributed by atoms with Crippen LogP contribution in [0.2, 0.25) is 0 Å². The lowest BCUT2D eigenvalue weighted by Crippen LogP contribution is -2.54. The second-order valence-electron chi connectivity index (χ2n) is 10.0. The Morgan fingerprint density at radius 2 is 1.71 bits per heavy atom. The lowest BCUT2D eigenvalue weighted by atomic mass is 9.96. The first-order chi connectivity index (χ1) is 16.4. The van der Waals surface area contributed by atoms with E-state index >= 15 is 0 Å². The molecule has 2 atom stereocenters. The second-order valence-corrected chi connectivity index (χ2v) is 10.0. The molecule has 0 aliphatic heterocycles. The number of hydrogen-bond donors (Lipinski definition) is 3. The summed E-state index contributed by atoms with van der Waals surface area (Å²) in [5, 5.41) is 15.5. The highest BCUT2D eigenvalue weighted by Crippen LogP contribution is 2.27. The molecule has 0 saturated carbocycles. The molecule has 0 saturated heterocycles. The van der Waals surface area contributed by atoms with Crippen molar-refractivity contribution in [2.24, 2.45) is 0 Å². The van der Waals surface area contributed by atoms with E-state index in [1.165, 1.54) is 4.90 Å². The topological polar surface area (TPSA) is 108 Å². The lowest BCUT2D eigenvalue weighted by molar-refractivity contribution is -0.143. The molecule has 0 aliphatic rings. The van der Waals surface area contributed by atoms with Gasteiger partial charge >= 0.3 is 6.09 Å². The van der Waals surface area contributed by atoms with Crippen LogP contribution in [0, 0.1) is 13.8 Å². The van der Waals surface area contributed by atoms with Gasteiger partial charge in [-0.15, -0.1) is 0 Å². The van der Waals surface area contributed by atoms with Crippen molar-refractivity contribution in [3.8, 4) is 0 Å². The smallest absolute Gasteiger partial charge is 0.408 e. The Balaban J connectivity index is 3.42. The molecule has 0 radical (unpaired) electrons. The number of amides is 3. The summed E-state index contributed by atoms with van der Waals surface area (Å²) in [6.45, 7) is 13.3. The molecule has 8 heteroatoms. The molecular weight excluding hydrogens is 446 g/mol. The van der Waals surface area contributed by atoms with E-state index < -0.39 is 36.3 Å². The first kappa shape index (κ1) is 30.4. The van der Waals surface area contributed by atoms with E-state index in [2.05, 4.69) is 17.6 Å². The van der Waals surface area contributed by atoms with Gasteiger partial charge in [0.1, 0.15) is 17.7 Å². The maximum atomic E-state index is 13.7. The Kier molecular flexibility index (Phi) is 12.8. The van der Waals surface area contributed by atoms with Crippen LogP contribution >= 0.6 is 0 Å². The molecule has 0 aromatic heterocycles. The average Bonchev–Trinajstić information content (AvgIpc) is 2.77. The summed E-state index contributed by atoms with van der Waals surface area (Å²) in [5.74, 6) is -0.794.